The molecule has 1 aliphatic heterocycles. The number of rotatable bonds is 2. The Bertz CT molecular complexity index is 360. The molecule has 2 heterocycles. The monoisotopic (exact) mass is 192 g/mol. The van der Waals surface area contributed by atoms with Gasteiger partial charge in [0.1, 0.15) is 5.82 Å². The Hall–Kier alpha value is -1.62. The molecule has 1 fully saturated rings. The quantitative estimate of drug-likeness (QED) is 0.650. The van der Waals surface area contributed by atoms with Gasteiger partial charge in [0, 0.05) is 30.9 Å². The van der Waals surface area contributed by atoms with Crippen molar-refractivity contribution in [2.75, 3.05) is 18.0 Å². The number of pyridine rings is 1. The standard InChI is InChI=1S/C9H12N4O/c10-7-4-13(5-7)8-3-6(9(11)14)1-2-12-8/h1-3,7H,4-5,10H2,(H2,11,14). The smallest absolute Gasteiger partial charge is 0.248 e. The molecule has 1 saturated heterocycles. The summed E-state index contributed by atoms with van der Waals surface area (Å²) in [7, 11) is 0. The highest BCUT2D eigenvalue weighted by molar-refractivity contribution is 5.93. The van der Waals surface area contributed by atoms with Gasteiger partial charge in [0.05, 0.1) is 0 Å². The minimum Gasteiger partial charge on any atom is -0.366 e. The van der Waals surface area contributed by atoms with Gasteiger partial charge in [-0.2, -0.15) is 0 Å². The Labute approximate surface area is 81.7 Å². The Morgan fingerprint density at radius 3 is 2.86 bits per heavy atom. The Kier molecular flexibility index (Phi) is 2.09. The average molecular weight is 192 g/mol. The summed E-state index contributed by atoms with van der Waals surface area (Å²) < 4.78 is 0. The summed E-state index contributed by atoms with van der Waals surface area (Å²) in [6, 6.07) is 3.51. The van der Waals surface area contributed by atoms with Crippen LogP contribution in [0.3, 0.4) is 0 Å². The number of nitrogens with two attached hydrogens (primary N) is 2. The minimum atomic E-state index is -0.432. The van der Waals surface area contributed by atoms with Crippen molar-refractivity contribution < 1.29 is 4.79 Å². The molecular weight excluding hydrogens is 180 g/mol. The van der Waals surface area contributed by atoms with E-state index in [9.17, 15) is 4.79 Å². The van der Waals surface area contributed by atoms with Gasteiger partial charge in [-0.05, 0) is 12.1 Å². The summed E-state index contributed by atoms with van der Waals surface area (Å²) in [6.07, 6.45) is 1.58. The highest BCUT2D eigenvalue weighted by atomic mass is 16.1. The number of hydrogen-bond donors (Lipinski definition) is 2. The van der Waals surface area contributed by atoms with Crippen molar-refractivity contribution >= 4 is 11.7 Å². The molecule has 1 aromatic rings. The van der Waals surface area contributed by atoms with Gasteiger partial charge >= 0.3 is 0 Å². The molecule has 0 aromatic carbocycles. The molecule has 14 heavy (non-hydrogen) atoms. The van der Waals surface area contributed by atoms with Crippen molar-refractivity contribution in [1.29, 1.82) is 0 Å². The number of primary amides is 1. The number of carbonyl (C=O) groups excluding carboxylic acids is 1. The molecule has 2 rings (SSSR count). The number of aromatic nitrogens is 1. The summed E-state index contributed by atoms with van der Waals surface area (Å²) in [5.74, 6) is 0.335. The van der Waals surface area contributed by atoms with Crippen LogP contribution < -0.4 is 16.4 Å². The Balaban J connectivity index is 2.18. The van der Waals surface area contributed by atoms with E-state index < -0.39 is 5.91 Å². The molecule has 0 unspecified atom stereocenters. The molecule has 0 saturated carbocycles. The lowest BCUT2D eigenvalue weighted by Crippen LogP contribution is -2.56. The molecule has 74 valence electrons. The van der Waals surface area contributed by atoms with E-state index in [1.165, 1.54) is 0 Å². The number of nitrogens with zero attached hydrogens (tertiary/aromatic N) is 2. The van der Waals surface area contributed by atoms with Crippen LogP contribution in [0.25, 0.3) is 0 Å². The van der Waals surface area contributed by atoms with Crippen molar-refractivity contribution in [2.45, 2.75) is 6.04 Å². The molecule has 5 heteroatoms. The summed E-state index contributed by atoms with van der Waals surface area (Å²) in [6.45, 7) is 1.57. The second-order valence-corrected chi connectivity index (χ2v) is 3.43. The first-order chi connectivity index (χ1) is 6.66. The van der Waals surface area contributed by atoms with E-state index in [4.69, 9.17) is 11.5 Å². The third kappa shape index (κ3) is 1.54. The largest absolute Gasteiger partial charge is 0.366 e. The number of anilines is 1. The minimum absolute atomic E-state index is 0.217. The molecule has 5 nitrogen and oxygen atoms in total. The fraction of sp³-hybridized carbons (Fsp3) is 0.333. The highest BCUT2D eigenvalue weighted by Crippen LogP contribution is 2.17. The molecular formula is C9H12N4O. The van der Waals surface area contributed by atoms with Crippen LogP contribution >= 0.6 is 0 Å². The van der Waals surface area contributed by atoms with Crippen LogP contribution in [0.15, 0.2) is 18.3 Å². The SMILES string of the molecule is NC(=O)c1ccnc(N2CC(N)C2)c1. The molecule has 4 N–H and O–H groups in total. The fourth-order valence-electron chi connectivity index (χ4n) is 1.44. The molecule has 0 bridgehead atoms. The number of hydrogen-bond acceptors (Lipinski definition) is 4. The summed E-state index contributed by atoms with van der Waals surface area (Å²) >= 11 is 0. The van der Waals surface area contributed by atoms with Crippen LogP contribution in [0, 0.1) is 0 Å². The van der Waals surface area contributed by atoms with Crippen LogP contribution in [-0.2, 0) is 0 Å². The van der Waals surface area contributed by atoms with Gasteiger partial charge in [-0.25, -0.2) is 4.98 Å². The van der Waals surface area contributed by atoms with Gasteiger partial charge in [0.25, 0.3) is 0 Å². The first-order valence-corrected chi connectivity index (χ1v) is 4.43. The van der Waals surface area contributed by atoms with Crippen molar-refractivity contribution in [3.05, 3.63) is 23.9 Å². The second-order valence-electron chi connectivity index (χ2n) is 3.43. The first kappa shape index (κ1) is 8.96. The predicted octanol–water partition coefficient (Wildman–Crippen LogP) is -0.672. The lowest BCUT2D eigenvalue weighted by molar-refractivity contribution is 0.1000. The molecule has 0 spiro atoms. The maximum atomic E-state index is 10.9. The normalized spacial score (nSPS) is 16.5. The van der Waals surface area contributed by atoms with Gasteiger partial charge < -0.3 is 16.4 Å². The van der Waals surface area contributed by atoms with Gasteiger partial charge in [-0.3, -0.25) is 4.79 Å². The second kappa shape index (κ2) is 3.26. The molecule has 1 amide bonds. The zero-order valence-electron chi connectivity index (χ0n) is 7.68. The van der Waals surface area contributed by atoms with Crippen LogP contribution in [-0.4, -0.2) is 30.0 Å². The van der Waals surface area contributed by atoms with Gasteiger partial charge in [-0.15, -0.1) is 0 Å². The van der Waals surface area contributed by atoms with Crippen molar-refractivity contribution in [3.63, 3.8) is 0 Å². The number of amides is 1. The van der Waals surface area contributed by atoms with E-state index >= 15 is 0 Å². The number of carbonyl (C=O) groups is 1. The van der Waals surface area contributed by atoms with Gasteiger partial charge in [-0.1, -0.05) is 0 Å². The van der Waals surface area contributed by atoms with E-state index in [0.717, 1.165) is 18.9 Å². The van der Waals surface area contributed by atoms with Crippen molar-refractivity contribution in [1.82, 2.24) is 4.98 Å². The fourth-order valence-corrected chi connectivity index (χ4v) is 1.44. The van der Waals surface area contributed by atoms with E-state index in [-0.39, 0.29) is 6.04 Å². The Morgan fingerprint density at radius 2 is 2.29 bits per heavy atom. The summed E-state index contributed by atoms with van der Waals surface area (Å²) in [5, 5.41) is 0. The third-order valence-corrected chi connectivity index (χ3v) is 2.26. The Morgan fingerprint density at radius 1 is 1.57 bits per heavy atom. The van der Waals surface area contributed by atoms with Crippen LogP contribution in [0.2, 0.25) is 0 Å². The van der Waals surface area contributed by atoms with Crippen molar-refractivity contribution in [2.24, 2.45) is 11.5 Å². The lowest BCUT2D eigenvalue weighted by atomic mass is 10.1. The topological polar surface area (TPSA) is 85.2 Å². The maximum absolute atomic E-state index is 10.9. The van der Waals surface area contributed by atoms with Gasteiger partial charge in [0.2, 0.25) is 5.91 Å². The highest BCUT2D eigenvalue weighted by Gasteiger charge is 2.24. The summed E-state index contributed by atoms with van der Waals surface area (Å²) in [5.41, 5.74) is 11.3. The zero-order valence-corrected chi connectivity index (χ0v) is 7.68. The first-order valence-electron chi connectivity index (χ1n) is 4.43. The predicted molar refractivity (Wildman–Crippen MR) is 52.9 cm³/mol. The average Bonchev–Trinajstić information content (AvgIpc) is 2.13. The molecule has 0 aliphatic carbocycles. The molecule has 1 aliphatic rings. The van der Waals surface area contributed by atoms with Crippen molar-refractivity contribution in [3.8, 4) is 0 Å². The zero-order chi connectivity index (χ0) is 10.1. The summed E-state index contributed by atoms with van der Waals surface area (Å²) in [4.78, 5) is 17.0. The van der Waals surface area contributed by atoms with E-state index in [1.54, 1.807) is 18.3 Å². The molecule has 0 radical (unpaired) electrons. The lowest BCUT2D eigenvalue weighted by Gasteiger charge is -2.37. The third-order valence-electron chi connectivity index (χ3n) is 2.26. The van der Waals surface area contributed by atoms with Crippen LogP contribution in [0.1, 0.15) is 10.4 Å². The van der Waals surface area contributed by atoms with Gasteiger partial charge in [0.15, 0.2) is 0 Å². The van der Waals surface area contributed by atoms with E-state index in [2.05, 4.69) is 4.98 Å². The molecule has 1 aromatic heterocycles. The van der Waals surface area contributed by atoms with E-state index in [1.807, 2.05) is 4.90 Å². The van der Waals surface area contributed by atoms with Crippen LogP contribution in [0.4, 0.5) is 5.82 Å². The van der Waals surface area contributed by atoms with E-state index in [0.29, 0.717) is 5.56 Å². The van der Waals surface area contributed by atoms with Crippen LogP contribution in [0.5, 0.6) is 0 Å². The molecule has 0 atom stereocenters. The maximum Gasteiger partial charge on any atom is 0.248 e.